The van der Waals surface area contributed by atoms with Crippen LogP contribution in [0.5, 0.6) is 11.5 Å². The summed E-state index contributed by atoms with van der Waals surface area (Å²) in [5.41, 5.74) is 1.33. The van der Waals surface area contributed by atoms with E-state index in [0.717, 1.165) is 18.6 Å². The average molecular weight is 251 g/mol. The van der Waals surface area contributed by atoms with Crippen molar-refractivity contribution in [3.63, 3.8) is 0 Å². The predicted molar refractivity (Wildman–Crippen MR) is 66.8 cm³/mol. The summed E-state index contributed by atoms with van der Waals surface area (Å²) in [7, 11) is 1.59. The van der Waals surface area contributed by atoms with Crippen molar-refractivity contribution >= 4 is 5.71 Å². The highest BCUT2D eigenvalue weighted by Crippen LogP contribution is 2.30. The van der Waals surface area contributed by atoms with E-state index in [0.29, 0.717) is 23.8 Å². The summed E-state index contributed by atoms with van der Waals surface area (Å²) >= 11 is 0. The first-order chi connectivity index (χ1) is 8.74. The summed E-state index contributed by atoms with van der Waals surface area (Å²) in [5.74, 6) is 1.31. The molecule has 0 aliphatic carbocycles. The maximum atomic E-state index is 8.75. The molecule has 1 aliphatic heterocycles. The lowest BCUT2D eigenvalue weighted by atomic mass is 10.1. The van der Waals surface area contributed by atoms with Gasteiger partial charge in [-0.15, -0.1) is 0 Å². The molecular formula is C13H17NO4. The van der Waals surface area contributed by atoms with Crippen molar-refractivity contribution < 1.29 is 19.4 Å². The number of ether oxygens (including phenoxy) is 3. The van der Waals surface area contributed by atoms with E-state index in [1.165, 1.54) is 0 Å². The summed E-state index contributed by atoms with van der Waals surface area (Å²) in [5, 5.41) is 11.9. The highest BCUT2D eigenvalue weighted by molar-refractivity contribution is 5.98. The van der Waals surface area contributed by atoms with Gasteiger partial charge in [0.25, 0.3) is 0 Å². The van der Waals surface area contributed by atoms with E-state index in [4.69, 9.17) is 19.4 Å². The molecule has 1 unspecified atom stereocenters. The summed E-state index contributed by atoms with van der Waals surface area (Å²) < 4.78 is 16.4. The fourth-order valence-electron chi connectivity index (χ4n) is 1.83. The Morgan fingerprint density at radius 2 is 2.28 bits per heavy atom. The third-order valence-electron chi connectivity index (χ3n) is 2.91. The Kier molecular flexibility index (Phi) is 4.04. The SMILES string of the molecule is COc1cc(C(C)=NO)ccc1OC1CCOC1. The molecule has 2 rings (SSSR count). The molecule has 1 fully saturated rings. The van der Waals surface area contributed by atoms with Crippen LogP contribution in [0, 0.1) is 0 Å². The molecule has 98 valence electrons. The van der Waals surface area contributed by atoms with Gasteiger partial charge in [0.05, 0.1) is 26.0 Å². The molecular weight excluding hydrogens is 234 g/mol. The monoisotopic (exact) mass is 251 g/mol. The van der Waals surface area contributed by atoms with Crippen LogP contribution in [0.4, 0.5) is 0 Å². The smallest absolute Gasteiger partial charge is 0.161 e. The largest absolute Gasteiger partial charge is 0.493 e. The van der Waals surface area contributed by atoms with E-state index >= 15 is 0 Å². The Balaban J connectivity index is 2.19. The lowest BCUT2D eigenvalue weighted by molar-refractivity contribution is 0.138. The van der Waals surface area contributed by atoms with Crippen LogP contribution in [0.15, 0.2) is 23.4 Å². The van der Waals surface area contributed by atoms with Gasteiger partial charge in [-0.1, -0.05) is 5.16 Å². The highest BCUT2D eigenvalue weighted by Gasteiger charge is 2.19. The number of hydrogen-bond donors (Lipinski definition) is 1. The minimum atomic E-state index is 0.0809. The zero-order valence-electron chi connectivity index (χ0n) is 10.5. The van der Waals surface area contributed by atoms with E-state index in [2.05, 4.69) is 5.16 Å². The van der Waals surface area contributed by atoms with E-state index in [1.807, 2.05) is 12.1 Å². The molecule has 1 N–H and O–H groups in total. The molecule has 0 saturated carbocycles. The van der Waals surface area contributed by atoms with Crippen molar-refractivity contribution in [1.29, 1.82) is 0 Å². The molecule has 5 nitrogen and oxygen atoms in total. The lowest BCUT2D eigenvalue weighted by Gasteiger charge is -2.15. The maximum Gasteiger partial charge on any atom is 0.161 e. The van der Waals surface area contributed by atoms with Crippen LogP contribution in [-0.4, -0.2) is 37.3 Å². The van der Waals surface area contributed by atoms with Gasteiger partial charge in [-0.2, -0.15) is 0 Å². The number of nitrogens with zero attached hydrogens (tertiary/aromatic N) is 1. The predicted octanol–water partition coefficient (Wildman–Crippen LogP) is 2.06. The minimum absolute atomic E-state index is 0.0809. The Morgan fingerprint density at radius 3 is 2.89 bits per heavy atom. The Bertz CT molecular complexity index is 439. The van der Waals surface area contributed by atoms with Crippen LogP contribution in [0.2, 0.25) is 0 Å². The molecule has 0 amide bonds. The van der Waals surface area contributed by atoms with Crippen LogP contribution < -0.4 is 9.47 Å². The summed E-state index contributed by atoms with van der Waals surface area (Å²) in [6.07, 6.45) is 0.972. The first-order valence-electron chi connectivity index (χ1n) is 5.86. The van der Waals surface area contributed by atoms with E-state index < -0.39 is 0 Å². The van der Waals surface area contributed by atoms with Gasteiger partial charge in [-0.3, -0.25) is 0 Å². The number of rotatable bonds is 4. The molecule has 5 heteroatoms. The minimum Gasteiger partial charge on any atom is -0.493 e. The van der Waals surface area contributed by atoms with Crippen LogP contribution in [-0.2, 0) is 4.74 Å². The van der Waals surface area contributed by atoms with E-state index in [1.54, 1.807) is 20.1 Å². The fraction of sp³-hybridized carbons (Fsp3) is 0.462. The molecule has 18 heavy (non-hydrogen) atoms. The molecule has 0 bridgehead atoms. The molecule has 1 saturated heterocycles. The highest BCUT2D eigenvalue weighted by atomic mass is 16.6. The molecule has 1 aliphatic rings. The summed E-state index contributed by atoms with van der Waals surface area (Å²) in [4.78, 5) is 0. The van der Waals surface area contributed by atoms with Crippen LogP contribution in [0.1, 0.15) is 18.9 Å². The van der Waals surface area contributed by atoms with Gasteiger partial charge in [0.15, 0.2) is 11.5 Å². The van der Waals surface area contributed by atoms with Gasteiger partial charge in [-0.25, -0.2) is 0 Å². The lowest BCUT2D eigenvalue weighted by Crippen LogP contribution is -2.16. The number of methoxy groups -OCH3 is 1. The maximum absolute atomic E-state index is 8.75. The molecule has 1 aromatic carbocycles. The molecule has 1 aromatic rings. The van der Waals surface area contributed by atoms with Crippen LogP contribution in [0.25, 0.3) is 0 Å². The average Bonchev–Trinajstić information content (AvgIpc) is 2.91. The molecule has 0 radical (unpaired) electrons. The first-order valence-corrected chi connectivity index (χ1v) is 5.86. The zero-order valence-corrected chi connectivity index (χ0v) is 10.5. The third-order valence-corrected chi connectivity index (χ3v) is 2.91. The van der Waals surface area contributed by atoms with Gasteiger partial charge in [0, 0.05) is 12.0 Å². The van der Waals surface area contributed by atoms with Gasteiger partial charge < -0.3 is 19.4 Å². The van der Waals surface area contributed by atoms with Crippen molar-refractivity contribution in [1.82, 2.24) is 0 Å². The summed E-state index contributed by atoms with van der Waals surface area (Å²) in [6, 6.07) is 5.45. The Hall–Kier alpha value is -1.75. The third kappa shape index (κ3) is 2.73. The van der Waals surface area contributed by atoms with Crippen molar-refractivity contribution in [3.8, 4) is 11.5 Å². The van der Waals surface area contributed by atoms with Crippen molar-refractivity contribution in [2.45, 2.75) is 19.4 Å². The van der Waals surface area contributed by atoms with Crippen LogP contribution in [0.3, 0.4) is 0 Å². The second-order valence-electron chi connectivity index (χ2n) is 4.15. The second kappa shape index (κ2) is 5.73. The van der Waals surface area contributed by atoms with Gasteiger partial charge in [0.2, 0.25) is 0 Å². The number of benzene rings is 1. The normalized spacial score (nSPS) is 19.9. The van der Waals surface area contributed by atoms with E-state index in [9.17, 15) is 0 Å². The first kappa shape index (κ1) is 12.7. The Labute approximate surface area is 106 Å². The quantitative estimate of drug-likeness (QED) is 0.505. The standard InChI is InChI=1S/C13H17NO4/c1-9(14-15)10-3-4-12(13(7-10)16-2)18-11-5-6-17-8-11/h3-4,7,11,15H,5-6,8H2,1-2H3. The molecule has 0 aromatic heterocycles. The summed E-state index contributed by atoms with van der Waals surface area (Å²) in [6.45, 7) is 3.07. The van der Waals surface area contributed by atoms with Gasteiger partial charge >= 0.3 is 0 Å². The zero-order chi connectivity index (χ0) is 13.0. The van der Waals surface area contributed by atoms with Gasteiger partial charge in [-0.05, 0) is 25.1 Å². The Morgan fingerprint density at radius 1 is 1.44 bits per heavy atom. The van der Waals surface area contributed by atoms with E-state index in [-0.39, 0.29) is 6.10 Å². The topological polar surface area (TPSA) is 60.3 Å². The number of hydrogen-bond acceptors (Lipinski definition) is 5. The van der Waals surface area contributed by atoms with Crippen LogP contribution >= 0.6 is 0 Å². The fourth-order valence-corrected chi connectivity index (χ4v) is 1.83. The molecule has 1 atom stereocenters. The second-order valence-corrected chi connectivity index (χ2v) is 4.15. The van der Waals surface area contributed by atoms with Crippen molar-refractivity contribution in [2.24, 2.45) is 5.16 Å². The van der Waals surface area contributed by atoms with Gasteiger partial charge in [0.1, 0.15) is 6.10 Å². The number of oxime groups is 1. The molecule has 0 spiro atoms. The van der Waals surface area contributed by atoms with Crippen molar-refractivity contribution in [2.75, 3.05) is 20.3 Å². The molecule has 1 heterocycles. The van der Waals surface area contributed by atoms with Crippen molar-refractivity contribution in [3.05, 3.63) is 23.8 Å².